The minimum atomic E-state index is -1.05. The second-order valence-corrected chi connectivity index (χ2v) is 4.18. The number of hydrogen-bond donors (Lipinski definition) is 1. The van der Waals surface area contributed by atoms with Gasteiger partial charge in [-0.25, -0.2) is 4.79 Å². The molecule has 100 valence electrons. The van der Waals surface area contributed by atoms with Crippen LogP contribution >= 0.6 is 11.6 Å². The number of carboxylic acids is 1. The lowest BCUT2D eigenvalue weighted by molar-refractivity contribution is -0.150. The van der Waals surface area contributed by atoms with Crippen LogP contribution in [0.4, 0.5) is 0 Å². The maximum atomic E-state index is 10.6. The minimum Gasteiger partial charge on any atom is -0.479 e. The molecular weight excluding hydrogens is 272 g/mol. The number of carboxylic acid groups (broad SMARTS) is 1. The predicted molar refractivity (Wildman–Crippen MR) is 66.6 cm³/mol. The molecule has 0 aliphatic heterocycles. The van der Waals surface area contributed by atoms with E-state index in [4.69, 9.17) is 25.9 Å². The molecule has 0 saturated heterocycles. The zero-order valence-electron chi connectivity index (χ0n) is 10.0. The van der Waals surface area contributed by atoms with Gasteiger partial charge in [-0.15, -0.1) is 10.2 Å². The van der Waals surface area contributed by atoms with Crippen molar-refractivity contribution in [2.45, 2.75) is 19.6 Å². The second-order valence-electron chi connectivity index (χ2n) is 3.77. The number of aliphatic carboxylic acids is 1. The van der Waals surface area contributed by atoms with Gasteiger partial charge in [0.1, 0.15) is 6.61 Å². The smallest absolute Gasteiger partial charge is 0.332 e. The molecule has 0 radical (unpaired) electrons. The van der Waals surface area contributed by atoms with Crippen molar-refractivity contribution in [3.63, 3.8) is 0 Å². The number of halogens is 1. The van der Waals surface area contributed by atoms with Gasteiger partial charge in [0, 0.05) is 0 Å². The molecule has 0 aliphatic rings. The summed E-state index contributed by atoms with van der Waals surface area (Å²) >= 11 is 6.00. The molecule has 1 N–H and O–H groups in total. The standard InChI is InChI=1S/C12H11ClN2O4/c1-7(12(16)17)18-6-10-14-15-11(19-10)8-4-2-3-5-9(8)13/h2-5,7H,6H2,1H3,(H,16,17)/t7-/m0/s1. The maximum Gasteiger partial charge on any atom is 0.332 e. The van der Waals surface area contributed by atoms with Crippen molar-refractivity contribution in [2.75, 3.05) is 0 Å². The minimum absolute atomic E-state index is 0.0646. The lowest BCUT2D eigenvalue weighted by Gasteiger charge is -2.04. The first-order valence-corrected chi connectivity index (χ1v) is 5.87. The van der Waals surface area contributed by atoms with E-state index in [0.29, 0.717) is 10.6 Å². The lowest BCUT2D eigenvalue weighted by Crippen LogP contribution is -2.19. The SMILES string of the molecule is C[C@H](OCc1nnc(-c2ccccc2Cl)o1)C(=O)O. The van der Waals surface area contributed by atoms with Crippen LogP contribution in [0.25, 0.3) is 11.5 Å². The van der Waals surface area contributed by atoms with E-state index < -0.39 is 12.1 Å². The molecule has 0 spiro atoms. The Morgan fingerprint density at radius 2 is 2.21 bits per heavy atom. The van der Waals surface area contributed by atoms with Gasteiger partial charge in [0.05, 0.1) is 10.6 Å². The molecule has 7 heteroatoms. The summed E-state index contributed by atoms with van der Waals surface area (Å²) < 4.78 is 10.4. The Bertz CT molecular complexity index is 585. The average Bonchev–Trinajstić information content (AvgIpc) is 2.85. The van der Waals surface area contributed by atoms with E-state index in [2.05, 4.69) is 10.2 Å². The Labute approximate surface area is 114 Å². The Hall–Kier alpha value is -1.92. The van der Waals surface area contributed by atoms with Crippen molar-refractivity contribution >= 4 is 17.6 Å². The number of hydrogen-bond acceptors (Lipinski definition) is 5. The number of carbonyl (C=O) groups is 1. The molecule has 1 aromatic carbocycles. The molecule has 0 saturated carbocycles. The summed E-state index contributed by atoms with van der Waals surface area (Å²) in [4.78, 5) is 10.6. The first kappa shape index (κ1) is 13.5. The van der Waals surface area contributed by atoms with E-state index in [0.717, 1.165) is 0 Å². The first-order chi connectivity index (χ1) is 9.08. The fraction of sp³-hybridized carbons (Fsp3) is 0.250. The van der Waals surface area contributed by atoms with Gasteiger partial charge < -0.3 is 14.3 Å². The van der Waals surface area contributed by atoms with Crippen LogP contribution in [0.15, 0.2) is 28.7 Å². The topological polar surface area (TPSA) is 85.5 Å². The summed E-state index contributed by atoms with van der Waals surface area (Å²) in [6, 6.07) is 7.05. The van der Waals surface area contributed by atoms with Crippen LogP contribution in [0.3, 0.4) is 0 Å². The van der Waals surface area contributed by atoms with Crippen molar-refractivity contribution in [3.8, 4) is 11.5 Å². The van der Waals surface area contributed by atoms with Gasteiger partial charge in [0.25, 0.3) is 0 Å². The quantitative estimate of drug-likeness (QED) is 0.906. The number of aromatic nitrogens is 2. The zero-order valence-corrected chi connectivity index (χ0v) is 10.8. The third-order valence-electron chi connectivity index (χ3n) is 2.38. The van der Waals surface area contributed by atoms with Crippen molar-refractivity contribution in [1.29, 1.82) is 0 Å². The summed E-state index contributed by atoms with van der Waals surface area (Å²) in [5.74, 6) is -0.582. The Morgan fingerprint density at radius 1 is 1.47 bits per heavy atom. The molecular formula is C12H11ClN2O4. The molecule has 0 fully saturated rings. The molecule has 1 atom stereocenters. The van der Waals surface area contributed by atoms with Gasteiger partial charge in [-0.1, -0.05) is 23.7 Å². The highest BCUT2D eigenvalue weighted by Gasteiger charge is 2.15. The Balaban J connectivity index is 2.08. The van der Waals surface area contributed by atoms with E-state index in [1.807, 2.05) is 0 Å². The maximum absolute atomic E-state index is 10.6. The van der Waals surface area contributed by atoms with Gasteiger partial charge >= 0.3 is 5.97 Å². The summed E-state index contributed by atoms with van der Waals surface area (Å²) in [7, 11) is 0. The second kappa shape index (κ2) is 5.81. The summed E-state index contributed by atoms with van der Waals surface area (Å²) in [5.41, 5.74) is 0.620. The number of ether oxygens (including phenoxy) is 1. The van der Waals surface area contributed by atoms with Gasteiger partial charge in [0.15, 0.2) is 6.10 Å². The number of benzene rings is 1. The van der Waals surface area contributed by atoms with Crippen molar-refractivity contribution in [1.82, 2.24) is 10.2 Å². The molecule has 19 heavy (non-hydrogen) atoms. The Kier molecular flexibility index (Phi) is 4.13. The third-order valence-corrected chi connectivity index (χ3v) is 2.71. The van der Waals surface area contributed by atoms with Gasteiger partial charge in [-0.05, 0) is 19.1 Å². The molecule has 0 bridgehead atoms. The summed E-state index contributed by atoms with van der Waals surface area (Å²) in [5, 5.41) is 16.8. The fourth-order valence-corrected chi connectivity index (χ4v) is 1.54. The highest BCUT2D eigenvalue weighted by molar-refractivity contribution is 6.33. The van der Waals surface area contributed by atoms with E-state index >= 15 is 0 Å². The van der Waals surface area contributed by atoms with Crippen molar-refractivity contribution < 1.29 is 19.1 Å². The van der Waals surface area contributed by atoms with Crippen LogP contribution in [-0.2, 0) is 16.1 Å². The van der Waals surface area contributed by atoms with E-state index in [-0.39, 0.29) is 18.4 Å². The highest BCUT2D eigenvalue weighted by Crippen LogP contribution is 2.26. The molecule has 0 unspecified atom stereocenters. The normalized spacial score (nSPS) is 12.3. The molecule has 1 heterocycles. The Morgan fingerprint density at radius 3 is 2.89 bits per heavy atom. The molecule has 6 nitrogen and oxygen atoms in total. The largest absolute Gasteiger partial charge is 0.479 e. The van der Waals surface area contributed by atoms with Crippen LogP contribution in [0.1, 0.15) is 12.8 Å². The molecule has 1 aromatic heterocycles. The summed E-state index contributed by atoms with van der Waals surface area (Å²) in [6.07, 6.45) is -0.935. The van der Waals surface area contributed by atoms with Gasteiger partial charge in [0.2, 0.25) is 11.8 Å². The van der Waals surface area contributed by atoms with Gasteiger partial charge in [-0.3, -0.25) is 0 Å². The van der Waals surface area contributed by atoms with Gasteiger partial charge in [-0.2, -0.15) is 0 Å². The van der Waals surface area contributed by atoms with E-state index in [1.54, 1.807) is 24.3 Å². The van der Waals surface area contributed by atoms with Crippen LogP contribution in [0.2, 0.25) is 5.02 Å². The van der Waals surface area contributed by atoms with Crippen LogP contribution in [0, 0.1) is 0 Å². The average molecular weight is 283 g/mol. The molecule has 2 rings (SSSR count). The van der Waals surface area contributed by atoms with Crippen LogP contribution in [0.5, 0.6) is 0 Å². The number of rotatable bonds is 5. The highest BCUT2D eigenvalue weighted by atomic mass is 35.5. The molecule has 2 aromatic rings. The first-order valence-electron chi connectivity index (χ1n) is 5.49. The van der Waals surface area contributed by atoms with Crippen LogP contribution in [-0.4, -0.2) is 27.4 Å². The lowest BCUT2D eigenvalue weighted by atomic mass is 10.2. The molecule has 0 amide bonds. The summed E-state index contributed by atoms with van der Waals surface area (Å²) in [6.45, 7) is 1.36. The van der Waals surface area contributed by atoms with E-state index in [1.165, 1.54) is 6.92 Å². The third kappa shape index (κ3) is 3.30. The zero-order chi connectivity index (χ0) is 13.8. The van der Waals surface area contributed by atoms with Crippen molar-refractivity contribution in [2.24, 2.45) is 0 Å². The predicted octanol–water partition coefficient (Wildman–Crippen LogP) is 2.38. The molecule has 0 aliphatic carbocycles. The fourth-order valence-electron chi connectivity index (χ4n) is 1.32. The van der Waals surface area contributed by atoms with Crippen molar-refractivity contribution in [3.05, 3.63) is 35.2 Å². The number of nitrogens with zero attached hydrogens (tertiary/aromatic N) is 2. The monoisotopic (exact) mass is 282 g/mol. The van der Waals surface area contributed by atoms with Crippen LogP contribution < -0.4 is 0 Å². The van der Waals surface area contributed by atoms with E-state index in [9.17, 15) is 4.79 Å².